The highest BCUT2D eigenvalue weighted by Gasteiger charge is 2.34. The van der Waals surface area contributed by atoms with Crippen LogP contribution in [0.4, 0.5) is 10.1 Å². The van der Waals surface area contributed by atoms with Crippen molar-refractivity contribution in [2.75, 3.05) is 10.8 Å². The number of sulfonamides is 1. The van der Waals surface area contributed by atoms with E-state index < -0.39 is 34.3 Å². The lowest BCUT2D eigenvalue weighted by Crippen LogP contribution is -2.53. The number of hydrogen-bond donors (Lipinski definition) is 1. The molecule has 1 aliphatic rings. The Kier molecular flexibility index (Phi) is 10.2. The topological polar surface area (TPSA) is 86.8 Å². The fourth-order valence-electron chi connectivity index (χ4n) is 4.99. The molecule has 1 atom stereocenters. The molecule has 0 bridgehead atoms. The summed E-state index contributed by atoms with van der Waals surface area (Å²) >= 11 is 3.44. The van der Waals surface area contributed by atoms with Gasteiger partial charge in [0.2, 0.25) is 11.8 Å². The molecule has 2 amide bonds. The van der Waals surface area contributed by atoms with Gasteiger partial charge in [-0.15, -0.1) is 0 Å². The van der Waals surface area contributed by atoms with Crippen LogP contribution in [0.1, 0.15) is 50.2 Å². The number of nitrogens with one attached hydrogen (secondary N) is 1. The fourth-order valence-corrected chi connectivity index (χ4v) is 6.86. The number of benzene rings is 3. The van der Waals surface area contributed by atoms with E-state index >= 15 is 4.39 Å². The Bertz CT molecular complexity index is 1480. The summed E-state index contributed by atoms with van der Waals surface area (Å²) in [6.45, 7) is 2.84. The summed E-state index contributed by atoms with van der Waals surface area (Å²) in [6.07, 6.45) is 4.97. The monoisotopic (exact) mass is 643 g/mol. The van der Waals surface area contributed by atoms with E-state index in [-0.39, 0.29) is 29.1 Å². The first-order valence-corrected chi connectivity index (χ1v) is 16.0. The highest BCUT2D eigenvalue weighted by molar-refractivity contribution is 9.10. The summed E-state index contributed by atoms with van der Waals surface area (Å²) in [4.78, 5) is 28.7. The van der Waals surface area contributed by atoms with Gasteiger partial charge in [0, 0.05) is 17.1 Å². The molecule has 1 N–H and O–H groups in total. The van der Waals surface area contributed by atoms with Crippen LogP contribution in [0.25, 0.3) is 0 Å². The molecule has 0 unspecified atom stereocenters. The van der Waals surface area contributed by atoms with Crippen molar-refractivity contribution in [1.82, 2.24) is 10.2 Å². The predicted molar refractivity (Wildman–Crippen MR) is 161 cm³/mol. The fraction of sp³-hybridized carbons (Fsp3) is 0.355. The number of nitrogens with zero attached hydrogens (tertiary/aromatic N) is 2. The lowest BCUT2D eigenvalue weighted by atomic mass is 9.95. The summed E-state index contributed by atoms with van der Waals surface area (Å²) in [5, 5.41) is 3.07. The van der Waals surface area contributed by atoms with E-state index in [1.807, 2.05) is 31.2 Å². The second-order valence-electron chi connectivity index (χ2n) is 10.4. The normalized spacial score (nSPS) is 14.7. The van der Waals surface area contributed by atoms with Crippen molar-refractivity contribution in [2.45, 2.75) is 69.5 Å². The number of hydrogen-bond acceptors (Lipinski definition) is 4. The molecule has 0 aromatic heterocycles. The standard InChI is InChI=1S/C31H35BrFN3O4S/c1-22-15-17-27(18-16-22)41(39,40)36(29-14-7-6-13-28(29)33)21-30(37)35(20-24-9-8-10-25(32)19-24)23(2)31(38)34-26-11-4-3-5-12-26/h6-10,13-19,23,26H,3-5,11-12,20-21H2,1-2H3,(H,34,38)/t23-/m1/s1. The Balaban J connectivity index is 1.68. The molecule has 0 heterocycles. The van der Waals surface area contributed by atoms with Crippen LogP contribution in [0, 0.1) is 12.7 Å². The number of carbonyl (C=O) groups excluding carboxylic acids is 2. The molecule has 41 heavy (non-hydrogen) atoms. The van der Waals surface area contributed by atoms with Gasteiger partial charge in [0.05, 0.1) is 10.6 Å². The van der Waals surface area contributed by atoms with Crippen LogP contribution in [0.2, 0.25) is 0 Å². The number of rotatable bonds is 10. The Morgan fingerprint density at radius 3 is 2.34 bits per heavy atom. The van der Waals surface area contributed by atoms with Crippen LogP contribution in [-0.4, -0.2) is 43.8 Å². The number of anilines is 1. The van der Waals surface area contributed by atoms with E-state index in [0.29, 0.717) is 0 Å². The number of aryl methyl sites for hydroxylation is 1. The molecule has 0 saturated heterocycles. The Morgan fingerprint density at radius 2 is 1.68 bits per heavy atom. The molecule has 4 rings (SSSR count). The molecule has 1 fully saturated rings. The van der Waals surface area contributed by atoms with E-state index in [0.717, 1.165) is 58.1 Å². The number of halogens is 2. The minimum Gasteiger partial charge on any atom is -0.352 e. The minimum absolute atomic E-state index is 0.0401. The van der Waals surface area contributed by atoms with Gasteiger partial charge in [0.15, 0.2) is 0 Å². The minimum atomic E-state index is -4.33. The molecule has 3 aromatic carbocycles. The van der Waals surface area contributed by atoms with Gasteiger partial charge in [-0.3, -0.25) is 13.9 Å². The van der Waals surface area contributed by atoms with Crippen LogP contribution < -0.4 is 9.62 Å². The van der Waals surface area contributed by atoms with E-state index in [1.54, 1.807) is 19.1 Å². The summed E-state index contributed by atoms with van der Waals surface area (Å²) in [6, 6.07) is 18.1. The predicted octanol–water partition coefficient (Wildman–Crippen LogP) is 5.96. The highest BCUT2D eigenvalue weighted by atomic mass is 79.9. The third-order valence-corrected chi connectivity index (χ3v) is 9.64. The van der Waals surface area contributed by atoms with Crippen LogP contribution in [-0.2, 0) is 26.2 Å². The van der Waals surface area contributed by atoms with Gasteiger partial charge in [-0.05, 0) is 68.7 Å². The SMILES string of the molecule is Cc1ccc(S(=O)(=O)N(CC(=O)N(Cc2cccc(Br)c2)[C@H](C)C(=O)NC2CCCCC2)c2ccccc2F)cc1. The van der Waals surface area contributed by atoms with Gasteiger partial charge in [0.1, 0.15) is 18.4 Å². The molecule has 7 nitrogen and oxygen atoms in total. The maximum Gasteiger partial charge on any atom is 0.264 e. The zero-order valence-electron chi connectivity index (χ0n) is 23.2. The number of amides is 2. The first kappa shape index (κ1) is 30.7. The highest BCUT2D eigenvalue weighted by Crippen LogP contribution is 2.27. The van der Waals surface area contributed by atoms with Crippen molar-refractivity contribution in [3.63, 3.8) is 0 Å². The largest absolute Gasteiger partial charge is 0.352 e. The Morgan fingerprint density at radius 1 is 1.00 bits per heavy atom. The zero-order chi connectivity index (χ0) is 29.6. The van der Waals surface area contributed by atoms with Crippen molar-refractivity contribution in [3.8, 4) is 0 Å². The maximum atomic E-state index is 15.0. The van der Waals surface area contributed by atoms with E-state index in [4.69, 9.17) is 0 Å². The van der Waals surface area contributed by atoms with Crippen LogP contribution in [0.5, 0.6) is 0 Å². The second kappa shape index (κ2) is 13.6. The first-order chi connectivity index (χ1) is 19.6. The van der Waals surface area contributed by atoms with Gasteiger partial charge < -0.3 is 10.2 Å². The van der Waals surface area contributed by atoms with Crippen molar-refractivity contribution >= 4 is 43.5 Å². The molecule has 0 radical (unpaired) electrons. The second-order valence-corrected chi connectivity index (χ2v) is 13.2. The zero-order valence-corrected chi connectivity index (χ0v) is 25.6. The molecule has 0 aliphatic heterocycles. The Hall–Kier alpha value is -3.24. The van der Waals surface area contributed by atoms with Gasteiger partial charge >= 0.3 is 0 Å². The summed E-state index contributed by atoms with van der Waals surface area (Å²) in [5.74, 6) is -1.72. The molecular weight excluding hydrogens is 609 g/mol. The third-order valence-electron chi connectivity index (χ3n) is 7.37. The average molecular weight is 645 g/mol. The lowest BCUT2D eigenvalue weighted by molar-refractivity contribution is -0.139. The van der Waals surface area contributed by atoms with Crippen molar-refractivity contribution in [2.24, 2.45) is 0 Å². The quantitative estimate of drug-likeness (QED) is 0.295. The molecule has 1 aliphatic carbocycles. The van der Waals surface area contributed by atoms with Crippen molar-refractivity contribution in [3.05, 3.63) is 94.2 Å². The van der Waals surface area contributed by atoms with Gasteiger partial charge in [-0.2, -0.15) is 0 Å². The molecule has 3 aromatic rings. The number of para-hydroxylation sites is 1. The Labute approximate surface area is 249 Å². The smallest absolute Gasteiger partial charge is 0.264 e. The molecule has 1 saturated carbocycles. The number of carbonyl (C=O) groups is 2. The van der Waals surface area contributed by atoms with Gasteiger partial charge in [0.25, 0.3) is 10.0 Å². The van der Waals surface area contributed by atoms with Gasteiger partial charge in [-0.1, -0.05) is 77.2 Å². The summed E-state index contributed by atoms with van der Waals surface area (Å²) < 4.78 is 44.3. The van der Waals surface area contributed by atoms with Crippen molar-refractivity contribution in [1.29, 1.82) is 0 Å². The van der Waals surface area contributed by atoms with Gasteiger partial charge in [-0.25, -0.2) is 12.8 Å². The van der Waals surface area contributed by atoms with E-state index in [1.165, 1.54) is 35.2 Å². The lowest BCUT2D eigenvalue weighted by Gasteiger charge is -2.33. The average Bonchev–Trinajstić information content (AvgIpc) is 2.95. The van der Waals surface area contributed by atoms with Crippen LogP contribution >= 0.6 is 15.9 Å². The summed E-state index contributed by atoms with van der Waals surface area (Å²) in [5.41, 5.74) is 1.36. The molecule has 0 spiro atoms. The molecule has 218 valence electrons. The third kappa shape index (κ3) is 7.74. The maximum absolute atomic E-state index is 15.0. The molecular formula is C31H35BrFN3O4S. The van der Waals surface area contributed by atoms with E-state index in [2.05, 4.69) is 21.2 Å². The van der Waals surface area contributed by atoms with Crippen LogP contribution in [0.3, 0.4) is 0 Å². The van der Waals surface area contributed by atoms with Crippen molar-refractivity contribution < 1.29 is 22.4 Å². The summed E-state index contributed by atoms with van der Waals surface area (Å²) in [7, 11) is -4.33. The van der Waals surface area contributed by atoms with E-state index in [9.17, 15) is 18.0 Å². The first-order valence-electron chi connectivity index (χ1n) is 13.7. The van der Waals surface area contributed by atoms with Crippen LogP contribution in [0.15, 0.2) is 82.2 Å². The molecule has 10 heteroatoms.